The first-order valence-electron chi connectivity index (χ1n) is 6.52. The minimum absolute atomic E-state index is 0.0730. The van der Waals surface area contributed by atoms with E-state index in [2.05, 4.69) is 0 Å². The number of hydrogen-bond acceptors (Lipinski definition) is 5. The Kier molecular flexibility index (Phi) is 3.98. The minimum atomic E-state index is -1.86. The lowest BCUT2D eigenvalue weighted by Gasteiger charge is -2.41. The molecule has 112 valence electrons. The van der Waals surface area contributed by atoms with Crippen LogP contribution in [0.15, 0.2) is 11.3 Å². The molecule has 0 fully saturated rings. The molecule has 0 aromatic heterocycles. The number of hydrogen-bond donors (Lipinski definition) is 1. The van der Waals surface area contributed by atoms with Crippen LogP contribution in [0.2, 0.25) is 0 Å². The molecule has 1 N–H and O–H groups in total. The zero-order chi connectivity index (χ0) is 15.9. The Morgan fingerprint density at radius 3 is 2.25 bits per heavy atom. The lowest BCUT2D eigenvalue weighted by atomic mass is 9.65. The van der Waals surface area contributed by atoms with Gasteiger partial charge in [0.05, 0.1) is 10.8 Å². The fourth-order valence-corrected chi connectivity index (χ4v) is 1.96. The Morgan fingerprint density at radius 2 is 1.85 bits per heavy atom. The maximum Gasteiger partial charge on any atom is 0.316 e. The van der Waals surface area contributed by atoms with E-state index < -0.39 is 28.2 Å². The normalized spacial score (nSPS) is 26.4. The molecule has 1 unspecified atom stereocenters. The van der Waals surface area contributed by atoms with Crippen LogP contribution >= 0.6 is 0 Å². The van der Waals surface area contributed by atoms with Gasteiger partial charge in [-0.25, -0.2) is 0 Å². The van der Waals surface area contributed by atoms with Gasteiger partial charge in [-0.1, -0.05) is 0 Å². The summed E-state index contributed by atoms with van der Waals surface area (Å²) in [6.45, 7) is 9.62. The van der Waals surface area contributed by atoms with Gasteiger partial charge >= 0.3 is 5.97 Å². The third kappa shape index (κ3) is 2.54. The molecule has 1 rings (SSSR count). The van der Waals surface area contributed by atoms with Crippen LogP contribution in [0.5, 0.6) is 0 Å². The number of ketones is 1. The Balaban J connectivity index is 3.22. The second-order valence-corrected chi connectivity index (χ2v) is 6.86. The van der Waals surface area contributed by atoms with Gasteiger partial charge in [0, 0.05) is 12.0 Å². The van der Waals surface area contributed by atoms with Crippen molar-refractivity contribution in [1.29, 1.82) is 0 Å². The van der Waals surface area contributed by atoms with Gasteiger partial charge in [0.25, 0.3) is 0 Å². The van der Waals surface area contributed by atoms with Crippen molar-refractivity contribution in [2.24, 2.45) is 10.8 Å². The predicted molar refractivity (Wildman–Crippen MR) is 72.7 cm³/mol. The van der Waals surface area contributed by atoms with Gasteiger partial charge in [-0.15, -0.1) is 0 Å². The lowest BCUT2D eigenvalue weighted by Crippen LogP contribution is -2.54. The van der Waals surface area contributed by atoms with Gasteiger partial charge in [-0.05, 0) is 41.5 Å². The summed E-state index contributed by atoms with van der Waals surface area (Å²) in [5, 5.41) is 10.4. The Morgan fingerprint density at radius 1 is 1.35 bits per heavy atom. The number of aliphatic hydroxyl groups is 1. The second-order valence-electron chi connectivity index (χ2n) is 6.86. The fourth-order valence-electron chi connectivity index (χ4n) is 1.96. The highest BCUT2D eigenvalue weighted by Gasteiger charge is 2.54. The molecule has 0 saturated heterocycles. The molecule has 0 heterocycles. The first-order valence-corrected chi connectivity index (χ1v) is 6.52. The van der Waals surface area contributed by atoms with Crippen molar-refractivity contribution >= 4 is 18.0 Å². The van der Waals surface area contributed by atoms with Crippen LogP contribution in [-0.4, -0.2) is 28.7 Å². The van der Waals surface area contributed by atoms with Crippen molar-refractivity contribution in [2.75, 3.05) is 0 Å². The Hall–Kier alpha value is -1.49. The molecular weight excluding hydrogens is 260 g/mol. The van der Waals surface area contributed by atoms with Crippen LogP contribution in [0.4, 0.5) is 0 Å². The Labute approximate surface area is 119 Å². The molecule has 0 saturated carbocycles. The minimum Gasteiger partial charge on any atom is -0.430 e. The molecule has 0 radical (unpaired) electrons. The number of rotatable bonds is 2. The van der Waals surface area contributed by atoms with E-state index >= 15 is 0 Å². The third-order valence-corrected chi connectivity index (χ3v) is 3.86. The largest absolute Gasteiger partial charge is 0.430 e. The summed E-state index contributed by atoms with van der Waals surface area (Å²) in [6, 6.07) is 0. The van der Waals surface area contributed by atoms with Crippen LogP contribution < -0.4 is 0 Å². The number of ether oxygens (including phenoxy) is 1. The fraction of sp³-hybridized carbons (Fsp3) is 0.667. The summed E-state index contributed by atoms with van der Waals surface area (Å²) in [6.07, 6.45) is 0.172. The van der Waals surface area contributed by atoms with Gasteiger partial charge < -0.3 is 14.6 Å². The van der Waals surface area contributed by atoms with E-state index in [1.807, 2.05) is 0 Å². The van der Waals surface area contributed by atoms with Crippen LogP contribution in [0, 0.1) is 10.8 Å². The van der Waals surface area contributed by atoms with Crippen LogP contribution in [0.3, 0.4) is 0 Å². The van der Waals surface area contributed by atoms with E-state index in [0.29, 0.717) is 6.29 Å². The molecule has 1 aliphatic carbocycles. The molecule has 0 aromatic rings. The Bertz CT molecular complexity index is 493. The summed E-state index contributed by atoms with van der Waals surface area (Å²) < 4.78 is 5.23. The topological polar surface area (TPSA) is 80.7 Å². The summed E-state index contributed by atoms with van der Waals surface area (Å²) in [5.41, 5.74) is -3.56. The van der Waals surface area contributed by atoms with E-state index in [1.54, 1.807) is 27.7 Å². The van der Waals surface area contributed by atoms with Crippen LogP contribution in [0.1, 0.15) is 48.0 Å². The quantitative estimate of drug-likeness (QED) is 0.617. The molecule has 0 aromatic carbocycles. The van der Waals surface area contributed by atoms with Crippen LogP contribution in [-0.2, 0) is 19.1 Å². The highest BCUT2D eigenvalue weighted by atomic mass is 16.5. The zero-order valence-electron chi connectivity index (χ0n) is 12.9. The summed E-state index contributed by atoms with van der Waals surface area (Å²) in [5.74, 6) is -0.827. The van der Waals surface area contributed by atoms with E-state index in [1.165, 1.54) is 13.8 Å². The van der Waals surface area contributed by atoms with Gasteiger partial charge in [0.15, 0.2) is 12.1 Å². The average molecular weight is 282 g/mol. The molecule has 0 amide bonds. The molecule has 1 atom stereocenters. The molecule has 0 bridgehead atoms. The van der Waals surface area contributed by atoms with Gasteiger partial charge in [0.1, 0.15) is 11.4 Å². The van der Waals surface area contributed by atoms with E-state index in [0.717, 1.165) is 0 Å². The highest BCUT2D eigenvalue weighted by Crippen LogP contribution is 2.43. The third-order valence-electron chi connectivity index (χ3n) is 3.86. The maximum absolute atomic E-state index is 12.3. The summed E-state index contributed by atoms with van der Waals surface area (Å²) in [7, 11) is 0. The average Bonchev–Trinajstić information content (AvgIpc) is 2.32. The lowest BCUT2D eigenvalue weighted by molar-refractivity contribution is -0.159. The smallest absolute Gasteiger partial charge is 0.316 e. The number of esters is 1. The first-order chi connectivity index (χ1) is 8.87. The van der Waals surface area contributed by atoms with Gasteiger partial charge in [0.2, 0.25) is 0 Å². The number of carbonyl (C=O) groups is 3. The van der Waals surface area contributed by atoms with E-state index in [-0.39, 0.29) is 17.8 Å². The molecule has 0 spiro atoms. The zero-order valence-corrected chi connectivity index (χ0v) is 12.9. The molecular formula is C15H22O5. The van der Waals surface area contributed by atoms with Gasteiger partial charge in [-0.3, -0.25) is 9.59 Å². The molecule has 1 aliphatic rings. The van der Waals surface area contributed by atoms with Crippen molar-refractivity contribution in [3.8, 4) is 0 Å². The van der Waals surface area contributed by atoms with Crippen molar-refractivity contribution in [3.63, 3.8) is 0 Å². The molecule has 20 heavy (non-hydrogen) atoms. The molecule has 0 aliphatic heterocycles. The summed E-state index contributed by atoms with van der Waals surface area (Å²) in [4.78, 5) is 35.4. The number of allylic oxidation sites excluding steroid dienone is 1. The maximum atomic E-state index is 12.3. The van der Waals surface area contributed by atoms with Crippen molar-refractivity contribution < 1.29 is 24.2 Å². The van der Waals surface area contributed by atoms with Crippen molar-refractivity contribution in [1.82, 2.24) is 0 Å². The van der Waals surface area contributed by atoms with Crippen molar-refractivity contribution in [3.05, 3.63) is 11.3 Å². The molecule has 5 heteroatoms. The molecule has 5 nitrogen and oxygen atoms in total. The predicted octanol–water partition coefficient (Wildman–Crippen LogP) is 1.78. The SMILES string of the molecule is CC1=C(OC(=O)C(C)(C)C)CC(O)(C=O)C(C)(C)C1=O. The summed E-state index contributed by atoms with van der Waals surface area (Å²) >= 11 is 0. The number of Topliss-reactive ketones (excluding diaryl/α,β-unsaturated/α-hetero) is 1. The number of aldehydes is 1. The van der Waals surface area contributed by atoms with Crippen molar-refractivity contribution in [2.45, 2.75) is 53.6 Å². The highest BCUT2D eigenvalue weighted by molar-refractivity contribution is 6.04. The second kappa shape index (κ2) is 4.81. The standard InChI is InChI=1S/C15H22O5/c1-9-10(20-12(18)13(2,3)4)7-15(19,8-16)14(5,6)11(9)17/h8,19H,7H2,1-6H3. The van der Waals surface area contributed by atoms with E-state index in [4.69, 9.17) is 4.74 Å². The number of carbonyl (C=O) groups excluding carboxylic acids is 3. The first kappa shape index (κ1) is 16.6. The van der Waals surface area contributed by atoms with Gasteiger partial charge in [-0.2, -0.15) is 0 Å². The monoisotopic (exact) mass is 282 g/mol. The van der Waals surface area contributed by atoms with E-state index in [9.17, 15) is 19.5 Å². The van der Waals surface area contributed by atoms with Crippen LogP contribution in [0.25, 0.3) is 0 Å².